The van der Waals surface area contributed by atoms with Gasteiger partial charge in [0.2, 0.25) is 11.8 Å². The topological polar surface area (TPSA) is 51.0 Å². The van der Waals surface area contributed by atoms with Crippen LogP contribution in [0.15, 0.2) is 15.9 Å². The quantitative estimate of drug-likeness (QED) is 0.862. The Morgan fingerprint density at radius 2 is 2.38 bits per heavy atom. The van der Waals surface area contributed by atoms with Crippen LogP contribution in [-0.4, -0.2) is 17.2 Å². The summed E-state index contributed by atoms with van der Waals surface area (Å²) >= 11 is 3.95. The maximum absolute atomic E-state index is 5.65. The molecule has 2 aromatic rings. The van der Waals surface area contributed by atoms with Gasteiger partial charge in [0.05, 0.1) is 14.5 Å². The zero-order chi connectivity index (χ0) is 11.5. The molecule has 86 valence electrons. The van der Waals surface area contributed by atoms with E-state index in [2.05, 4.69) is 45.0 Å². The largest absolute Gasteiger partial charge is 0.419 e. The highest BCUT2D eigenvalue weighted by Gasteiger charge is 2.16. The van der Waals surface area contributed by atoms with Crippen LogP contribution in [0.25, 0.3) is 11.5 Å². The molecule has 0 aliphatic rings. The van der Waals surface area contributed by atoms with Gasteiger partial charge in [-0.15, -0.1) is 21.5 Å². The number of hydrogen-bond acceptors (Lipinski definition) is 5. The van der Waals surface area contributed by atoms with Crippen molar-refractivity contribution < 1.29 is 4.42 Å². The van der Waals surface area contributed by atoms with Gasteiger partial charge in [-0.3, -0.25) is 0 Å². The highest BCUT2D eigenvalue weighted by atomic mass is 127. The monoisotopic (exact) mass is 349 g/mol. The molecule has 0 aliphatic carbocycles. The second-order valence-corrected chi connectivity index (χ2v) is 6.14. The summed E-state index contributed by atoms with van der Waals surface area (Å²) in [5.41, 5.74) is 0.999. The Kier molecular flexibility index (Phi) is 3.93. The molecular weight excluding hydrogens is 337 g/mol. The molecule has 1 N–H and O–H groups in total. The predicted molar refractivity (Wildman–Crippen MR) is 72.4 cm³/mol. The van der Waals surface area contributed by atoms with Crippen LogP contribution >= 0.6 is 33.9 Å². The molecule has 6 heteroatoms. The fraction of sp³-hybridized carbons (Fsp3) is 0.400. The Hall–Kier alpha value is -0.470. The molecule has 16 heavy (non-hydrogen) atoms. The van der Waals surface area contributed by atoms with Gasteiger partial charge in [0, 0.05) is 5.38 Å². The lowest BCUT2D eigenvalue weighted by Gasteiger charge is -2.06. The third-order valence-corrected chi connectivity index (χ3v) is 4.10. The van der Waals surface area contributed by atoms with E-state index in [0.29, 0.717) is 11.8 Å². The predicted octanol–water partition coefficient (Wildman–Crippen LogP) is 3.07. The van der Waals surface area contributed by atoms with Gasteiger partial charge < -0.3 is 9.73 Å². The molecule has 1 unspecified atom stereocenters. The van der Waals surface area contributed by atoms with Crippen molar-refractivity contribution in [3.05, 3.63) is 20.2 Å². The van der Waals surface area contributed by atoms with E-state index in [0.717, 1.165) is 12.0 Å². The number of aromatic nitrogens is 2. The molecule has 0 fully saturated rings. The van der Waals surface area contributed by atoms with Crippen molar-refractivity contribution in [2.45, 2.75) is 19.4 Å². The van der Waals surface area contributed by atoms with Crippen molar-refractivity contribution in [3.8, 4) is 11.5 Å². The highest BCUT2D eigenvalue weighted by Crippen LogP contribution is 2.27. The fourth-order valence-electron chi connectivity index (χ4n) is 1.42. The summed E-state index contributed by atoms with van der Waals surface area (Å²) in [5.74, 6) is 1.25. The fourth-order valence-corrected chi connectivity index (χ4v) is 2.74. The molecule has 2 rings (SSSR count). The number of rotatable bonds is 4. The molecule has 0 bridgehead atoms. The average Bonchev–Trinajstić information content (AvgIpc) is 2.89. The summed E-state index contributed by atoms with van der Waals surface area (Å²) in [6.07, 6.45) is 0.930. The van der Waals surface area contributed by atoms with Gasteiger partial charge in [-0.2, -0.15) is 0 Å². The van der Waals surface area contributed by atoms with E-state index in [1.807, 2.05) is 18.5 Å². The first-order chi connectivity index (χ1) is 7.74. The van der Waals surface area contributed by atoms with Crippen molar-refractivity contribution >= 4 is 33.9 Å². The summed E-state index contributed by atoms with van der Waals surface area (Å²) in [6, 6.07) is 2.18. The minimum atomic E-state index is 0.138. The number of thiophene rings is 1. The Morgan fingerprint density at radius 3 is 2.94 bits per heavy atom. The van der Waals surface area contributed by atoms with Gasteiger partial charge >= 0.3 is 0 Å². The molecule has 0 spiro atoms. The van der Waals surface area contributed by atoms with Crippen LogP contribution in [-0.2, 0) is 0 Å². The number of hydrogen-bond donors (Lipinski definition) is 1. The smallest absolute Gasteiger partial charge is 0.248 e. The zero-order valence-electron chi connectivity index (χ0n) is 9.03. The molecule has 0 saturated heterocycles. The van der Waals surface area contributed by atoms with Crippen LogP contribution in [0.5, 0.6) is 0 Å². The van der Waals surface area contributed by atoms with E-state index in [4.69, 9.17) is 4.42 Å². The normalized spacial score (nSPS) is 12.9. The minimum Gasteiger partial charge on any atom is -0.419 e. The summed E-state index contributed by atoms with van der Waals surface area (Å²) < 4.78 is 6.86. The van der Waals surface area contributed by atoms with Crippen LogP contribution in [0.3, 0.4) is 0 Å². The van der Waals surface area contributed by atoms with E-state index in [9.17, 15) is 0 Å². The maximum Gasteiger partial charge on any atom is 0.248 e. The van der Waals surface area contributed by atoms with E-state index >= 15 is 0 Å². The first-order valence-electron chi connectivity index (χ1n) is 4.99. The van der Waals surface area contributed by atoms with Crippen LogP contribution in [0, 0.1) is 2.88 Å². The van der Waals surface area contributed by atoms with E-state index in [-0.39, 0.29) is 6.04 Å². The number of halogens is 1. The Morgan fingerprint density at radius 1 is 1.56 bits per heavy atom. The van der Waals surface area contributed by atoms with Gasteiger partial charge in [-0.05, 0) is 42.1 Å². The molecule has 0 radical (unpaired) electrons. The van der Waals surface area contributed by atoms with Gasteiger partial charge in [-0.1, -0.05) is 6.92 Å². The molecule has 0 saturated carbocycles. The molecular formula is C10H12IN3OS. The molecule has 0 aliphatic heterocycles. The van der Waals surface area contributed by atoms with E-state index in [1.165, 1.54) is 2.88 Å². The van der Waals surface area contributed by atoms with Crippen LogP contribution in [0.2, 0.25) is 0 Å². The van der Waals surface area contributed by atoms with Crippen molar-refractivity contribution in [1.82, 2.24) is 15.5 Å². The summed E-state index contributed by atoms with van der Waals surface area (Å²) in [6.45, 7) is 2.08. The number of nitrogens with one attached hydrogen (secondary N) is 1. The second kappa shape index (κ2) is 5.24. The SMILES string of the molecule is CCC(NC)c1nnc(-c2csc(I)c2)o1. The standard InChI is InChI=1S/C10H12IN3OS/c1-3-7(12-2)10-14-13-9(15-10)6-4-8(11)16-5-6/h4-5,7,12H,3H2,1-2H3. The molecule has 0 aromatic carbocycles. The first kappa shape index (κ1) is 12.0. The third kappa shape index (κ3) is 2.44. The highest BCUT2D eigenvalue weighted by molar-refractivity contribution is 14.1. The lowest BCUT2D eigenvalue weighted by Crippen LogP contribution is -2.15. The van der Waals surface area contributed by atoms with E-state index in [1.54, 1.807) is 11.3 Å². The first-order valence-corrected chi connectivity index (χ1v) is 6.95. The van der Waals surface area contributed by atoms with Crippen LogP contribution < -0.4 is 5.32 Å². The maximum atomic E-state index is 5.65. The van der Waals surface area contributed by atoms with Gasteiger partial charge in [0.25, 0.3) is 0 Å². The average molecular weight is 349 g/mol. The van der Waals surface area contributed by atoms with Gasteiger partial charge in [0.15, 0.2) is 0 Å². The zero-order valence-corrected chi connectivity index (χ0v) is 12.0. The second-order valence-electron chi connectivity index (χ2n) is 3.33. The third-order valence-electron chi connectivity index (χ3n) is 2.31. The van der Waals surface area contributed by atoms with Crippen LogP contribution in [0.4, 0.5) is 0 Å². The van der Waals surface area contributed by atoms with Crippen molar-refractivity contribution in [3.63, 3.8) is 0 Å². The summed E-state index contributed by atoms with van der Waals surface area (Å²) in [4.78, 5) is 0. The Bertz CT molecular complexity index is 464. The van der Waals surface area contributed by atoms with Crippen molar-refractivity contribution in [2.75, 3.05) is 7.05 Å². The Labute approximate surface area is 112 Å². The number of nitrogens with zero attached hydrogens (tertiary/aromatic N) is 2. The Balaban J connectivity index is 2.25. The molecule has 1 atom stereocenters. The molecule has 2 aromatic heterocycles. The molecule has 0 amide bonds. The lowest BCUT2D eigenvalue weighted by atomic mass is 10.2. The molecule has 4 nitrogen and oxygen atoms in total. The minimum absolute atomic E-state index is 0.138. The van der Waals surface area contributed by atoms with Gasteiger partial charge in [-0.25, -0.2) is 0 Å². The molecule has 2 heterocycles. The summed E-state index contributed by atoms with van der Waals surface area (Å²) in [5, 5.41) is 13.3. The van der Waals surface area contributed by atoms with Crippen LogP contribution in [0.1, 0.15) is 25.3 Å². The van der Waals surface area contributed by atoms with E-state index < -0.39 is 0 Å². The van der Waals surface area contributed by atoms with Gasteiger partial charge in [0.1, 0.15) is 0 Å². The summed E-state index contributed by atoms with van der Waals surface area (Å²) in [7, 11) is 1.89. The lowest BCUT2D eigenvalue weighted by molar-refractivity contribution is 0.415. The van der Waals surface area contributed by atoms with Crippen molar-refractivity contribution in [1.29, 1.82) is 0 Å². The van der Waals surface area contributed by atoms with Crippen molar-refractivity contribution in [2.24, 2.45) is 0 Å².